The lowest BCUT2D eigenvalue weighted by atomic mass is 9.93. The number of pyridine rings is 1. The van der Waals surface area contributed by atoms with Crippen LogP contribution in [0.4, 0.5) is 13.9 Å². The number of fused-ring (bicyclic) bond motifs is 1. The maximum Gasteiger partial charge on any atom is 0.181 e. The molecule has 2 heterocycles. The van der Waals surface area contributed by atoms with E-state index in [1.165, 1.54) is 24.5 Å². The molecule has 0 saturated carbocycles. The molecule has 0 spiro atoms. The molecule has 0 aliphatic heterocycles. The fourth-order valence-electron chi connectivity index (χ4n) is 5.01. The van der Waals surface area contributed by atoms with Crippen molar-refractivity contribution in [1.82, 2.24) is 15.3 Å². The van der Waals surface area contributed by atoms with E-state index in [1.54, 1.807) is 7.11 Å². The average Bonchev–Trinajstić information content (AvgIpc) is 3.45. The van der Waals surface area contributed by atoms with E-state index in [1.807, 2.05) is 56.3 Å². The van der Waals surface area contributed by atoms with E-state index in [-0.39, 0.29) is 22.2 Å². The highest BCUT2D eigenvalue weighted by molar-refractivity contribution is 7.22. The average molecular weight is 668 g/mol. The molecule has 46 heavy (non-hydrogen) atoms. The Kier molecular flexibility index (Phi) is 13.9. The lowest BCUT2D eigenvalue weighted by Crippen LogP contribution is -2.25. The molecule has 3 aromatic carbocycles. The van der Waals surface area contributed by atoms with Gasteiger partial charge in [-0.3, -0.25) is 0 Å². The number of methoxy groups -OCH3 is 1. The van der Waals surface area contributed by atoms with Crippen LogP contribution in [0.5, 0.6) is 11.5 Å². The molecule has 7 nitrogen and oxygen atoms in total. The van der Waals surface area contributed by atoms with Crippen LogP contribution < -0.4 is 26.3 Å². The number of hydrogen-bond acceptors (Lipinski definition) is 8. The highest BCUT2D eigenvalue weighted by Gasteiger charge is 2.23. The second kappa shape index (κ2) is 17.6. The summed E-state index contributed by atoms with van der Waals surface area (Å²) in [6, 6.07) is 18.1. The molecule has 1 atom stereocenters. The minimum atomic E-state index is -0.828. The first-order valence-electron chi connectivity index (χ1n) is 14.6. The lowest BCUT2D eigenvalue weighted by molar-refractivity contribution is 0.337. The van der Waals surface area contributed by atoms with E-state index in [0.29, 0.717) is 36.3 Å². The van der Waals surface area contributed by atoms with Crippen LogP contribution in [-0.2, 0) is 6.42 Å². The Labute approximate surface area is 278 Å². The molecular weight excluding hydrogens is 628 g/mol. The summed E-state index contributed by atoms with van der Waals surface area (Å²) < 4.78 is 41.5. The molecule has 2 aromatic heterocycles. The van der Waals surface area contributed by atoms with Crippen molar-refractivity contribution in [1.29, 1.82) is 0 Å². The molecule has 0 radical (unpaired) electrons. The number of nitrogen functional groups attached to an aromatic ring is 1. The normalized spacial score (nSPS) is 11.2. The highest BCUT2D eigenvalue weighted by Crippen LogP contribution is 2.38. The molecule has 0 amide bonds. The van der Waals surface area contributed by atoms with Crippen molar-refractivity contribution < 1.29 is 18.3 Å². The van der Waals surface area contributed by atoms with Gasteiger partial charge in [-0.1, -0.05) is 53.3 Å². The van der Waals surface area contributed by atoms with E-state index < -0.39 is 11.6 Å². The molecule has 5 N–H and O–H groups in total. The van der Waals surface area contributed by atoms with Gasteiger partial charge in [0.15, 0.2) is 5.13 Å². The topological polar surface area (TPSA) is 108 Å². The zero-order chi connectivity index (χ0) is 33.8. The summed E-state index contributed by atoms with van der Waals surface area (Å²) in [5, 5.41) is 3.89. The van der Waals surface area contributed by atoms with Gasteiger partial charge >= 0.3 is 0 Å². The number of aromatic nitrogens is 2. The van der Waals surface area contributed by atoms with Gasteiger partial charge in [0.2, 0.25) is 0 Å². The zero-order valence-electron chi connectivity index (χ0n) is 26.5. The number of ether oxygens (including phenoxy) is 2. The van der Waals surface area contributed by atoms with Gasteiger partial charge < -0.3 is 26.3 Å². The number of rotatable bonds is 11. The molecule has 5 rings (SSSR count). The van der Waals surface area contributed by atoms with Crippen molar-refractivity contribution in [3.63, 3.8) is 0 Å². The van der Waals surface area contributed by atoms with Gasteiger partial charge in [0.1, 0.15) is 34.3 Å². The summed E-state index contributed by atoms with van der Waals surface area (Å²) in [5.74, 6) is -0.600. The summed E-state index contributed by atoms with van der Waals surface area (Å²) in [6.07, 6.45) is 0.756. The molecule has 0 bridgehead atoms. The second-order valence-electron chi connectivity index (χ2n) is 9.84. The van der Waals surface area contributed by atoms with Crippen molar-refractivity contribution in [2.75, 3.05) is 39.6 Å². The van der Waals surface area contributed by atoms with Gasteiger partial charge in [0.25, 0.3) is 0 Å². The molecule has 0 aliphatic carbocycles. The van der Waals surface area contributed by atoms with Gasteiger partial charge in [-0.05, 0) is 74.8 Å². The predicted molar refractivity (Wildman–Crippen MR) is 187 cm³/mol. The summed E-state index contributed by atoms with van der Waals surface area (Å²) >= 11 is 7.49. The number of nitrogens with zero attached hydrogens (tertiary/aromatic N) is 2. The van der Waals surface area contributed by atoms with Gasteiger partial charge in [0.05, 0.1) is 29.1 Å². The maximum atomic E-state index is 15.1. The molecular formula is C35H40ClF2N5O2S. The van der Waals surface area contributed by atoms with Crippen LogP contribution in [0.3, 0.4) is 0 Å². The Hall–Kier alpha value is -4.09. The van der Waals surface area contributed by atoms with Crippen molar-refractivity contribution in [2.45, 2.75) is 26.2 Å². The van der Waals surface area contributed by atoms with Crippen LogP contribution in [0.1, 0.15) is 35.2 Å². The molecule has 0 saturated heterocycles. The third-order valence-electron chi connectivity index (χ3n) is 6.99. The van der Waals surface area contributed by atoms with Crippen molar-refractivity contribution in [3.05, 3.63) is 113 Å². The minimum Gasteiger partial charge on any atom is -0.494 e. The van der Waals surface area contributed by atoms with Gasteiger partial charge in [0, 0.05) is 24.1 Å². The summed E-state index contributed by atoms with van der Waals surface area (Å²) in [6.45, 7) is 11.4. The van der Waals surface area contributed by atoms with Crippen LogP contribution >= 0.6 is 22.9 Å². The van der Waals surface area contributed by atoms with Crippen LogP contribution in [0, 0.1) is 18.6 Å². The Morgan fingerprint density at radius 2 is 1.74 bits per heavy atom. The van der Waals surface area contributed by atoms with Crippen molar-refractivity contribution in [2.24, 2.45) is 5.73 Å². The van der Waals surface area contributed by atoms with E-state index >= 15 is 4.39 Å². The first kappa shape index (κ1) is 36.4. The Morgan fingerprint density at radius 3 is 2.41 bits per heavy atom. The van der Waals surface area contributed by atoms with Crippen molar-refractivity contribution >= 4 is 38.3 Å². The van der Waals surface area contributed by atoms with Crippen LogP contribution in [0.25, 0.3) is 21.5 Å². The number of hydrogen-bond donors (Lipinski definition) is 3. The number of nitrogens with two attached hydrogens (primary N) is 2. The lowest BCUT2D eigenvalue weighted by Gasteiger charge is -2.22. The Bertz CT molecular complexity index is 1740. The SMILES string of the molecule is C=C.CCOc1c(C)cc(C(CNCCc2cc(OC)c3nc(N)sc3c2)c2ccccc2)nc1-c1cc(Cl)c(F)cc1F.CN. The molecule has 11 heteroatoms. The highest BCUT2D eigenvalue weighted by atomic mass is 35.5. The number of benzene rings is 3. The third kappa shape index (κ3) is 8.58. The molecule has 244 valence electrons. The van der Waals surface area contributed by atoms with Gasteiger partial charge in [-0.2, -0.15) is 0 Å². The van der Waals surface area contributed by atoms with Crippen LogP contribution in [0.15, 0.2) is 73.8 Å². The molecule has 1 unspecified atom stereocenters. The van der Waals surface area contributed by atoms with E-state index in [2.05, 4.69) is 35.3 Å². The van der Waals surface area contributed by atoms with Crippen molar-refractivity contribution in [3.8, 4) is 22.8 Å². The second-order valence-corrected chi connectivity index (χ2v) is 11.3. The van der Waals surface area contributed by atoms with Crippen LogP contribution in [-0.4, -0.2) is 43.8 Å². The number of nitrogens with one attached hydrogen (secondary N) is 1. The minimum absolute atomic E-state index is 0.0858. The maximum absolute atomic E-state index is 15.1. The van der Waals surface area contributed by atoms with Crippen LogP contribution in [0.2, 0.25) is 5.02 Å². The zero-order valence-corrected chi connectivity index (χ0v) is 28.1. The smallest absolute Gasteiger partial charge is 0.181 e. The Balaban J connectivity index is 0.00000139. The first-order valence-corrected chi connectivity index (χ1v) is 15.8. The third-order valence-corrected chi connectivity index (χ3v) is 8.11. The van der Waals surface area contributed by atoms with E-state index in [4.69, 9.17) is 31.8 Å². The summed E-state index contributed by atoms with van der Waals surface area (Å²) in [4.78, 5) is 9.28. The summed E-state index contributed by atoms with van der Waals surface area (Å²) in [7, 11) is 3.13. The number of anilines is 1. The quantitative estimate of drug-likeness (QED) is 0.0746. The molecule has 0 aliphatic rings. The number of thiazole rings is 1. The molecule has 5 aromatic rings. The monoisotopic (exact) mass is 667 g/mol. The van der Waals surface area contributed by atoms with Gasteiger partial charge in [-0.15, -0.1) is 13.2 Å². The van der Waals surface area contributed by atoms with Gasteiger partial charge in [-0.25, -0.2) is 18.7 Å². The first-order chi connectivity index (χ1) is 22.3. The Morgan fingerprint density at radius 1 is 1.02 bits per heavy atom. The van der Waals surface area contributed by atoms with E-state index in [0.717, 1.165) is 45.1 Å². The molecule has 0 fully saturated rings. The summed E-state index contributed by atoms with van der Waals surface area (Å²) in [5.41, 5.74) is 15.2. The fraction of sp³-hybridized carbons (Fsp3) is 0.257. The number of aryl methyl sites for hydroxylation is 1. The largest absolute Gasteiger partial charge is 0.494 e. The predicted octanol–water partition coefficient (Wildman–Crippen LogP) is 7.93. The fourth-order valence-corrected chi connectivity index (χ4v) is 5.98. The standard InChI is InChI=1S/C32H31ClF2N4O2S.C2H4.CH5N/c1-4-41-31-18(2)12-26(38-29(31)21-15-23(33)25(35)16-24(21)34)22(20-8-6-5-7-9-20)17-37-11-10-19-13-27(40-3)30-28(14-19)42-32(36)39-30;2*1-2/h5-9,12-16,22,37H,4,10-11,17H2,1-3H3,(H2,36,39);1-2H2;2H2,1H3. The number of halogens is 3. The van der Waals surface area contributed by atoms with E-state index in [9.17, 15) is 4.39 Å².